The Balaban J connectivity index is 1.32. The first kappa shape index (κ1) is 21.9. The van der Waals surface area contributed by atoms with Gasteiger partial charge in [-0.3, -0.25) is 4.79 Å². The van der Waals surface area contributed by atoms with E-state index in [0.717, 1.165) is 58.5 Å². The topological polar surface area (TPSA) is 54.3 Å². The molecule has 0 saturated carbocycles. The molecule has 0 spiro atoms. The Hall–Kier alpha value is -2.97. The lowest BCUT2D eigenvalue weighted by Gasteiger charge is -2.22. The summed E-state index contributed by atoms with van der Waals surface area (Å²) in [7, 11) is 0. The molecule has 1 amide bonds. The van der Waals surface area contributed by atoms with E-state index >= 15 is 0 Å². The molecule has 6 nitrogen and oxygen atoms in total. The highest BCUT2D eigenvalue weighted by Crippen LogP contribution is 2.33. The van der Waals surface area contributed by atoms with Crippen LogP contribution in [0.15, 0.2) is 48.5 Å². The minimum absolute atomic E-state index is 0.117. The van der Waals surface area contributed by atoms with Crippen LogP contribution in [-0.4, -0.2) is 51.8 Å². The van der Waals surface area contributed by atoms with E-state index in [0.29, 0.717) is 18.0 Å². The molecule has 0 radical (unpaired) electrons. The molecule has 0 unspecified atom stereocenters. The number of amides is 1. The summed E-state index contributed by atoms with van der Waals surface area (Å²) in [5, 5.41) is 6.16. The minimum atomic E-state index is -0.281. The second kappa shape index (κ2) is 9.11. The van der Waals surface area contributed by atoms with Crippen molar-refractivity contribution in [3.8, 4) is 5.69 Å². The first-order chi connectivity index (χ1) is 16.0. The molecule has 1 saturated heterocycles. The van der Waals surface area contributed by atoms with Gasteiger partial charge in [0.25, 0.3) is 0 Å². The van der Waals surface area contributed by atoms with E-state index in [1.807, 2.05) is 36.1 Å². The van der Waals surface area contributed by atoms with E-state index in [2.05, 4.69) is 10.00 Å². The maximum absolute atomic E-state index is 13.4. The third kappa shape index (κ3) is 4.58. The fourth-order valence-electron chi connectivity index (χ4n) is 4.11. The average molecular weight is 484 g/mol. The van der Waals surface area contributed by atoms with Crippen LogP contribution in [0.5, 0.6) is 0 Å². The Morgan fingerprint density at radius 1 is 1.12 bits per heavy atom. The zero-order valence-electron chi connectivity index (χ0n) is 18.2. The van der Waals surface area contributed by atoms with Crippen molar-refractivity contribution in [1.29, 1.82) is 0 Å². The zero-order valence-corrected chi connectivity index (χ0v) is 19.7. The van der Waals surface area contributed by atoms with E-state index in [9.17, 15) is 9.18 Å². The Labute approximate surface area is 200 Å². The predicted octanol–water partition coefficient (Wildman–Crippen LogP) is 4.86. The van der Waals surface area contributed by atoms with Crippen LogP contribution in [0.1, 0.15) is 17.7 Å². The normalized spacial score (nSPS) is 14.6. The summed E-state index contributed by atoms with van der Waals surface area (Å²) in [6.07, 6.45) is 1.23. The summed E-state index contributed by atoms with van der Waals surface area (Å²) in [4.78, 5) is 21.9. The van der Waals surface area contributed by atoms with E-state index in [1.165, 1.54) is 12.1 Å². The van der Waals surface area contributed by atoms with Crippen LogP contribution in [0.4, 0.5) is 9.52 Å². The molecule has 4 aromatic rings. The first-order valence-corrected chi connectivity index (χ1v) is 12.1. The molecule has 5 rings (SSSR count). The molecular formula is C24H23ClFN5OS. The van der Waals surface area contributed by atoms with Crippen molar-refractivity contribution in [3.05, 3.63) is 70.6 Å². The summed E-state index contributed by atoms with van der Waals surface area (Å²) < 4.78 is 16.1. The van der Waals surface area contributed by atoms with Crippen molar-refractivity contribution in [1.82, 2.24) is 19.7 Å². The highest BCUT2D eigenvalue weighted by Gasteiger charge is 2.23. The van der Waals surface area contributed by atoms with Gasteiger partial charge in [-0.05, 0) is 55.3 Å². The smallest absolute Gasteiger partial charge is 0.227 e. The van der Waals surface area contributed by atoms with Gasteiger partial charge in [0, 0.05) is 31.2 Å². The molecule has 3 heterocycles. The highest BCUT2D eigenvalue weighted by molar-refractivity contribution is 7.22. The summed E-state index contributed by atoms with van der Waals surface area (Å²) in [5.74, 6) is -0.164. The number of aryl methyl sites for hydroxylation is 1. The van der Waals surface area contributed by atoms with Gasteiger partial charge in [0.1, 0.15) is 5.82 Å². The zero-order chi connectivity index (χ0) is 22.9. The van der Waals surface area contributed by atoms with Crippen LogP contribution in [0.3, 0.4) is 0 Å². The van der Waals surface area contributed by atoms with Crippen molar-refractivity contribution in [2.24, 2.45) is 0 Å². The number of nitrogens with zero attached hydrogens (tertiary/aromatic N) is 5. The molecule has 1 fully saturated rings. The van der Waals surface area contributed by atoms with Gasteiger partial charge in [-0.25, -0.2) is 9.07 Å². The fourth-order valence-corrected chi connectivity index (χ4v) is 5.36. The van der Waals surface area contributed by atoms with Crippen LogP contribution in [0, 0.1) is 12.7 Å². The van der Waals surface area contributed by atoms with Gasteiger partial charge in [-0.1, -0.05) is 35.1 Å². The molecule has 2 aromatic heterocycles. The lowest BCUT2D eigenvalue weighted by atomic mass is 10.1. The van der Waals surface area contributed by atoms with Gasteiger partial charge in [0.15, 0.2) is 10.8 Å². The number of aromatic nitrogens is 3. The number of carbonyl (C=O) groups is 1. The number of thiazole rings is 1. The largest absolute Gasteiger partial charge is 0.346 e. The third-order valence-electron chi connectivity index (χ3n) is 5.81. The van der Waals surface area contributed by atoms with E-state index < -0.39 is 0 Å². The minimum Gasteiger partial charge on any atom is -0.346 e. The summed E-state index contributed by atoms with van der Waals surface area (Å²) in [5.41, 5.74) is 3.38. The van der Waals surface area contributed by atoms with Crippen LogP contribution in [0.2, 0.25) is 5.02 Å². The van der Waals surface area contributed by atoms with Crippen molar-refractivity contribution in [3.63, 3.8) is 0 Å². The lowest BCUT2D eigenvalue weighted by molar-refractivity contribution is -0.130. The molecule has 0 aliphatic carbocycles. The molecule has 170 valence electrons. The van der Waals surface area contributed by atoms with Gasteiger partial charge in [0.05, 0.1) is 22.5 Å². The highest BCUT2D eigenvalue weighted by atomic mass is 35.5. The van der Waals surface area contributed by atoms with Crippen LogP contribution >= 0.6 is 22.9 Å². The van der Waals surface area contributed by atoms with E-state index in [1.54, 1.807) is 28.2 Å². The number of hydrogen-bond donors (Lipinski definition) is 0. The van der Waals surface area contributed by atoms with Crippen LogP contribution in [0.25, 0.3) is 16.0 Å². The van der Waals surface area contributed by atoms with Crippen LogP contribution < -0.4 is 4.90 Å². The summed E-state index contributed by atoms with van der Waals surface area (Å²) in [6.45, 7) is 4.89. The number of halogens is 2. The Morgan fingerprint density at radius 3 is 2.73 bits per heavy atom. The number of fused-ring (bicyclic) bond motifs is 1. The van der Waals surface area contributed by atoms with E-state index in [-0.39, 0.29) is 11.7 Å². The number of anilines is 1. The summed E-state index contributed by atoms with van der Waals surface area (Å²) in [6, 6.07) is 13.7. The number of hydrogen-bond acceptors (Lipinski definition) is 5. The Morgan fingerprint density at radius 2 is 1.94 bits per heavy atom. The van der Waals surface area contributed by atoms with Crippen LogP contribution in [-0.2, 0) is 11.2 Å². The Kier molecular flexibility index (Phi) is 6.03. The molecule has 0 atom stereocenters. The lowest BCUT2D eigenvalue weighted by Crippen LogP contribution is -2.36. The maximum Gasteiger partial charge on any atom is 0.227 e. The van der Waals surface area contributed by atoms with E-state index in [4.69, 9.17) is 16.6 Å². The van der Waals surface area contributed by atoms with Crippen molar-refractivity contribution < 1.29 is 9.18 Å². The average Bonchev–Trinajstić information content (AvgIpc) is 3.25. The SMILES string of the molecule is Cc1nn(-c2ccc(F)cc2)c2nc(N3CCCN(C(=O)Cc4cccc(Cl)c4)CC3)sc12. The quantitative estimate of drug-likeness (QED) is 0.416. The first-order valence-electron chi connectivity index (χ1n) is 10.9. The monoisotopic (exact) mass is 483 g/mol. The fraction of sp³-hybridized carbons (Fsp3) is 0.292. The van der Waals surface area contributed by atoms with Gasteiger partial charge in [-0.15, -0.1) is 0 Å². The standard InChI is InChI=1S/C24H23ClFN5OS/c1-16-22-23(31(28-16)20-8-6-19(26)7-9-20)27-24(33-22)30-11-3-10-29(12-13-30)21(32)15-17-4-2-5-18(25)14-17/h2,4-9,14H,3,10-13,15H2,1H3. The second-order valence-electron chi connectivity index (χ2n) is 8.15. The molecule has 33 heavy (non-hydrogen) atoms. The Bertz CT molecular complexity index is 1300. The van der Waals surface area contributed by atoms with Gasteiger partial charge in [0.2, 0.25) is 5.91 Å². The molecular weight excluding hydrogens is 461 g/mol. The molecule has 1 aliphatic rings. The molecule has 9 heteroatoms. The molecule has 0 bridgehead atoms. The maximum atomic E-state index is 13.4. The third-order valence-corrected chi connectivity index (χ3v) is 7.26. The number of carbonyl (C=O) groups excluding carboxylic acids is 1. The second-order valence-corrected chi connectivity index (χ2v) is 9.56. The van der Waals surface area contributed by atoms with Crippen molar-refractivity contribution in [2.75, 3.05) is 31.1 Å². The molecule has 0 N–H and O–H groups in total. The van der Waals surface area contributed by atoms with Crippen molar-refractivity contribution >= 4 is 44.3 Å². The number of benzene rings is 2. The number of rotatable bonds is 4. The summed E-state index contributed by atoms with van der Waals surface area (Å²) >= 11 is 7.67. The van der Waals surface area contributed by atoms with Crippen molar-refractivity contribution in [2.45, 2.75) is 19.8 Å². The van der Waals surface area contributed by atoms with Gasteiger partial charge >= 0.3 is 0 Å². The predicted molar refractivity (Wildman–Crippen MR) is 130 cm³/mol. The van der Waals surface area contributed by atoms with Gasteiger partial charge in [-0.2, -0.15) is 10.1 Å². The molecule has 1 aliphatic heterocycles. The van der Waals surface area contributed by atoms with Gasteiger partial charge < -0.3 is 9.80 Å². The molecule has 2 aromatic carbocycles.